The van der Waals surface area contributed by atoms with Crippen LogP contribution in [0.5, 0.6) is 0 Å². The Labute approximate surface area is 81.4 Å². The monoisotopic (exact) mass is 231 g/mol. The van der Waals surface area contributed by atoms with Crippen LogP contribution in [-0.4, -0.2) is 19.5 Å². The molecule has 0 spiro atoms. The molecule has 0 aromatic heterocycles. The van der Waals surface area contributed by atoms with Gasteiger partial charge in [0, 0.05) is 0 Å². The molecule has 72 valence electrons. The third-order valence-electron chi connectivity index (χ3n) is 1.54. The molecule has 1 atom stereocenters. The summed E-state index contributed by atoms with van der Waals surface area (Å²) in [6.07, 6.45) is 3.03. The van der Waals surface area contributed by atoms with Crippen LogP contribution in [-0.2, 0) is 14.0 Å². The van der Waals surface area contributed by atoms with E-state index in [1.165, 1.54) is 0 Å². The molecule has 1 N–H and O–H groups in total. The molecule has 7 heteroatoms. The van der Waals surface area contributed by atoms with Crippen molar-refractivity contribution < 1.29 is 12.2 Å². The molecule has 1 unspecified atom stereocenters. The van der Waals surface area contributed by atoms with Crippen molar-refractivity contribution in [1.82, 2.24) is 4.72 Å². The van der Waals surface area contributed by atoms with Crippen molar-refractivity contribution in [3.63, 3.8) is 0 Å². The van der Waals surface area contributed by atoms with E-state index in [0.717, 1.165) is 25.0 Å². The Morgan fingerprint density at radius 2 is 2.25 bits per heavy atom. The molecule has 1 fully saturated rings. The summed E-state index contributed by atoms with van der Waals surface area (Å²) in [7, 11) is -3.72. The summed E-state index contributed by atoms with van der Waals surface area (Å²) >= 11 is 6.33. The second-order valence-electron chi connectivity index (χ2n) is 2.49. The van der Waals surface area contributed by atoms with Gasteiger partial charge in [0.25, 0.3) is 0 Å². The second kappa shape index (κ2) is 4.66. The highest BCUT2D eigenvalue weighted by molar-refractivity contribution is 8.00. The van der Waals surface area contributed by atoms with E-state index in [0.29, 0.717) is 0 Å². The third kappa shape index (κ3) is 3.49. The molecular formula is C5H10ClNO3S2. The van der Waals surface area contributed by atoms with Crippen LogP contribution in [0.1, 0.15) is 19.3 Å². The van der Waals surface area contributed by atoms with Gasteiger partial charge in [-0.05, 0) is 18.6 Å². The standard InChI is InChI=1S/C5H10ClNO3S2/c6-10-12(8,9)7-5-3-1-2-4-11-5/h5,7H,1-4H2. The second-order valence-corrected chi connectivity index (χ2v) is 5.45. The van der Waals surface area contributed by atoms with E-state index in [1.54, 1.807) is 11.8 Å². The molecule has 1 aliphatic rings. The van der Waals surface area contributed by atoms with E-state index >= 15 is 0 Å². The molecule has 1 aliphatic heterocycles. The largest absolute Gasteiger partial charge is 0.352 e. The van der Waals surface area contributed by atoms with Crippen molar-refractivity contribution in [2.45, 2.75) is 24.6 Å². The minimum atomic E-state index is -3.72. The van der Waals surface area contributed by atoms with Gasteiger partial charge in [0.2, 0.25) is 0 Å². The zero-order valence-corrected chi connectivity index (χ0v) is 8.71. The third-order valence-corrected chi connectivity index (χ3v) is 4.20. The van der Waals surface area contributed by atoms with Crippen molar-refractivity contribution >= 4 is 33.9 Å². The molecule has 0 aliphatic carbocycles. The molecule has 0 aromatic rings. The van der Waals surface area contributed by atoms with Crippen molar-refractivity contribution in [2.24, 2.45) is 0 Å². The van der Waals surface area contributed by atoms with Gasteiger partial charge in [-0.15, -0.1) is 15.5 Å². The normalized spacial score (nSPS) is 25.6. The van der Waals surface area contributed by atoms with Crippen molar-refractivity contribution in [1.29, 1.82) is 0 Å². The summed E-state index contributed by atoms with van der Waals surface area (Å²) in [5.74, 6) is 0.982. The highest BCUT2D eigenvalue weighted by Crippen LogP contribution is 2.23. The van der Waals surface area contributed by atoms with Crippen LogP contribution in [0.3, 0.4) is 0 Å². The Morgan fingerprint density at radius 1 is 1.50 bits per heavy atom. The van der Waals surface area contributed by atoms with Gasteiger partial charge in [0.15, 0.2) is 0 Å². The SMILES string of the molecule is O=S(=O)(NC1CCCCS1)OCl. The van der Waals surface area contributed by atoms with Crippen molar-refractivity contribution in [2.75, 3.05) is 5.75 Å². The lowest BCUT2D eigenvalue weighted by Gasteiger charge is -2.20. The number of rotatable bonds is 3. The first kappa shape index (κ1) is 10.6. The maximum atomic E-state index is 10.8. The molecule has 4 nitrogen and oxygen atoms in total. The highest BCUT2D eigenvalue weighted by atomic mass is 35.5. The van der Waals surface area contributed by atoms with Gasteiger partial charge < -0.3 is 0 Å². The summed E-state index contributed by atoms with van der Waals surface area (Å²) in [4.78, 5) is 0. The van der Waals surface area contributed by atoms with Gasteiger partial charge >= 0.3 is 10.3 Å². The Hall–Kier alpha value is 0.510. The van der Waals surface area contributed by atoms with E-state index in [-0.39, 0.29) is 5.37 Å². The minimum absolute atomic E-state index is 0.0810. The van der Waals surface area contributed by atoms with E-state index in [4.69, 9.17) is 11.9 Å². The van der Waals surface area contributed by atoms with Crippen LogP contribution in [0.4, 0.5) is 0 Å². The fourth-order valence-electron chi connectivity index (χ4n) is 1.01. The van der Waals surface area contributed by atoms with Gasteiger partial charge in [-0.25, -0.2) is 0 Å². The van der Waals surface area contributed by atoms with Crippen LogP contribution in [0.15, 0.2) is 0 Å². The Balaban J connectivity index is 2.39. The van der Waals surface area contributed by atoms with Crippen LogP contribution in [0, 0.1) is 0 Å². The summed E-state index contributed by atoms with van der Waals surface area (Å²) < 4.78 is 27.7. The average molecular weight is 232 g/mol. The van der Waals surface area contributed by atoms with E-state index in [9.17, 15) is 8.42 Å². The Morgan fingerprint density at radius 3 is 2.75 bits per heavy atom. The number of hydrogen-bond acceptors (Lipinski definition) is 4. The lowest BCUT2D eigenvalue weighted by molar-refractivity contribution is 0.484. The number of nitrogens with one attached hydrogen (secondary N) is 1. The molecular weight excluding hydrogens is 222 g/mol. The van der Waals surface area contributed by atoms with Gasteiger partial charge in [-0.1, -0.05) is 6.42 Å². The lowest BCUT2D eigenvalue weighted by atomic mass is 10.2. The first-order valence-corrected chi connectivity index (χ1v) is 6.35. The average Bonchev–Trinajstić information content (AvgIpc) is 2.06. The van der Waals surface area contributed by atoms with Crippen LogP contribution < -0.4 is 4.72 Å². The maximum Gasteiger partial charge on any atom is 0.352 e. The smallest absolute Gasteiger partial charge is 0.180 e. The number of thioether (sulfide) groups is 1. The summed E-state index contributed by atoms with van der Waals surface area (Å²) in [5.41, 5.74) is 0. The lowest BCUT2D eigenvalue weighted by Crippen LogP contribution is -2.33. The van der Waals surface area contributed by atoms with Crippen LogP contribution >= 0.6 is 23.6 Å². The van der Waals surface area contributed by atoms with Crippen LogP contribution in [0.2, 0.25) is 0 Å². The fraction of sp³-hybridized carbons (Fsp3) is 1.00. The first-order chi connectivity index (χ1) is 5.64. The number of hydrogen-bond donors (Lipinski definition) is 1. The van der Waals surface area contributed by atoms with Crippen molar-refractivity contribution in [3.8, 4) is 0 Å². The Kier molecular flexibility index (Phi) is 4.12. The zero-order valence-electron chi connectivity index (χ0n) is 6.32. The molecule has 0 radical (unpaired) electrons. The van der Waals surface area contributed by atoms with Crippen LogP contribution in [0.25, 0.3) is 0 Å². The predicted molar refractivity (Wildman–Crippen MR) is 49.1 cm³/mol. The molecule has 1 saturated heterocycles. The molecule has 1 rings (SSSR count). The molecule has 1 heterocycles. The summed E-state index contributed by atoms with van der Waals surface area (Å²) in [6, 6.07) is 0. The fourth-order valence-corrected chi connectivity index (χ4v) is 3.21. The Bertz CT molecular complexity index is 225. The zero-order chi connectivity index (χ0) is 9.03. The van der Waals surface area contributed by atoms with Gasteiger partial charge in [0.05, 0.1) is 17.2 Å². The molecule has 0 bridgehead atoms. The number of halogens is 1. The molecule has 0 saturated carbocycles. The quantitative estimate of drug-likeness (QED) is 0.794. The minimum Gasteiger partial charge on any atom is -0.180 e. The van der Waals surface area contributed by atoms with Gasteiger partial charge in [-0.3, -0.25) is 0 Å². The van der Waals surface area contributed by atoms with Crippen molar-refractivity contribution in [3.05, 3.63) is 0 Å². The van der Waals surface area contributed by atoms with Gasteiger partial charge in [-0.2, -0.15) is 13.1 Å². The van der Waals surface area contributed by atoms with E-state index in [2.05, 4.69) is 8.46 Å². The maximum absolute atomic E-state index is 10.8. The highest BCUT2D eigenvalue weighted by Gasteiger charge is 2.20. The predicted octanol–water partition coefficient (Wildman–Crippen LogP) is 1.23. The van der Waals surface area contributed by atoms with E-state index in [1.807, 2.05) is 0 Å². The summed E-state index contributed by atoms with van der Waals surface area (Å²) in [6.45, 7) is 0. The van der Waals surface area contributed by atoms with Gasteiger partial charge in [0.1, 0.15) is 0 Å². The molecule has 0 aromatic carbocycles. The molecule has 12 heavy (non-hydrogen) atoms. The summed E-state index contributed by atoms with van der Waals surface area (Å²) in [5, 5.41) is -0.0810. The molecule has 0 amide bonds. The topological polar surface area (TPSA) is 55.4 Å². The van der Waals surface area contributed by atoms with E-state index < -0.39 is 10.3 Å². The first-order valence-electron chi connectivity index (χ1n) is 3.58.